The molecule has 49 heavy (non-hydrogen) atoms. The van der Waals surface area contributed by atoms with Crippen molar-refractivity contribution in [2.24, 2.45) is 11.7 Å². The lowest BCUT2D eigenvalue weighted by Gasteiger charge is -2.27. The fraction of sp³-hybridized carbons (Fsp3) is 0.441. The van der Waals surface area contributed by atoms with Crippen LogP contribution in [0.3, 0.4) is 0 Å². The van der Waals surface area contributed by atoms with Crippen molar-refractivity contribution in [2.75, 3.05) is 0 Å². The van der Waals surface area contributed by atoms with Crippen molar-refractivity contribution in [2.45, 2.75) is 89.0 Å². The Hall–Kier alpha value is -5.31. The monoisotopic (exact) mass is 683 g/mol. The number of nitrogens with two attached hydrogens (primary N) is 1. The zero-order valence-electron chi connectivity index (χ0n) is 27.5. The molecule has 0 aliphatic carbocycles. The Morgan fingerprint density at radius 1 is 0.571 bits per heavy atom. The predicted octanol–water partition coefficient (Wildman–Crippen LogP) is 0.599. The highest BCUT2D eigenvalue weighted by atomic mass is 16.4. The van der Waals surface area contributed by atoms with Gasteiger partial charge in [-0.3, -0.25) is 28.8 Å². The lowest BCUT2D eigenvalue weighted by atomic mass is 10.0. The van der Waals surface area contributed by atoms with Crippen LogP contribution in [0.25, 0.3) is 0 Å². The van der Waals surface area contributed by atoms with Gasteiger partial charge in [0.2, 0.25) is 23.6 Å². The van der Waals surface area contributed by atoms with Gasteiger partial charge in [-0.25, -0.2) is 4.79 Å². The van der Waals surface area contributed by atoms with E-state index in [4.69, 9.17) is 10.8 Å². The number of carbonyl (C=O) groups excluding carboxylic acids is 4. The van der Waals surface area contributed by atoms with Gasteiger partial charge in [0.25, 0.3) is 0 Å². The number of rotatable bonds is 21. The van der Waals surface area contributed by atoms with E-state index in [2.05, 4.69) is 21.3 Å². The van der Waals surface area contributed by atoms with Gasteiger partial charge >= 0.3 is 17.9 Å². The molecule has 4 amide bonds. The largest absolute Gasteiger partial charge is 0.481 e. The maximum atomic E-state index is 13.9. The highest BCUT2D eigenvalue weighted by Gasteiger charge is 2.32. The maximum absolute atomic E-state index is 13.9. The number of carbonyl (C=O) groups is 7. The zero-order chi connectivity index (χ0) is 36.5. The van der Waals surface area contributed by atoms with Crippen LogP contribution in [0.15, 0.2) is 60.7 Å². The predicted molar refractivity (Wildman–Crippen MR) is 177 cm³/mol. The van der Waals surface area contributed by atoms with Crippen molar-refractivity contribution in [3.8, 4) is 0 Å². The van der Waals surface area contributed by atoms with Gasteiger partial charge in [-0.15, -0.1) is 0 Å². The molecule has 0 unspecified atom stereocenters. The van der Waals surface area contributed by atoms with Crippen LogP contribution in [-0.2, 0) is 46.4 Å². The zero-order valence-corrected chi connectivity index (χ0v) is 27.5. The number of hydrogen-bond donors (Lipinski definition) is 8. The van der Waals surface area contributed by atoms with E-state index in [9.17, 15) is 43.8 Å². The Kier molecular flexibility index (Phi) is 16.4. The van der Waals surface area contributed by atoms with Crippen molar-refractivity contribution in [1.29, 1.82) is 0 Å². The van der Waals surface area contributed by atoms with E-state index in [1.165, 1.54) is 0 Å². The summed E-state index contributed by atoms with van der Waals surface area (Å²) in [6.45, 7) is 3.61. The summed E-state index contributed by atoms with van der Waals surface area (Å²) in [5, 5.41) is 37.9. The maximum Gasteiger partial charge on any atom is 0.326 e. The molecular weight excluding hydrogens is 638 g/mol. The summed E-state index contributed by atoms with van der Waals surface area (Å²) >= 11 is 0. The Balaban J connectivity index is 2.38. The minimum atomic E-state index is -1.46. The molecule has 0 radical (unpaired) electrons. The van der Waals surface area contributed by atoms with Crippen LogP contribution in [0.1, 0.15) is 57.1 Å². The van der Waals surface area contributed by atoms with Gasteiger partial charge in [-0.2, -0.15) is 0 Å². The molecule has 0 aliphatic heterocycles. The quantitative estimate of drug-likeness (QED) is 0.0904. The van der Waals surface area contributed by atoms with Crippen molar-refractivity contribution in [3.63, 3.8) is 0 Å². The summed E-state index contributed by atoms with van der Waals surface area (Å²) < 4.78 is 0. The smallest absolute Gasteiger partial charge is 0.326 e. The number of nitrogens with one attached hydrogen (secondary N) is 4. The lowest BCUT2D eigenvalue weighted by molar-refractivity contribution is -0.143. The molecule has 0 spiro atoms. The average Bonchev–Trinajstić information content (AvgIpc) is 3.04. The van der Waals surface area contributed by atoms with Crippen molar-refractivity contribution >= 4 is 41.5 Å². The first-order valence-corrected chi connectivity index (χ1v) is 15.9. The van der Waals surface area contributed by atoms with Crippen molar-refractivity contribution in [3.05, 3.63) is 71.8 Å². The van der Waals surface area contributed by atoms with Crippen LogP contribution in [0.2, 0.25) is 0 Å². The first-order valence-electron chi connectivity index (χ1n) is 15.9. The molecule has 2 aromatic carbocycles. The SMILES string of the molecule is CC(C)C[C@H](NC(=O)[C@H](Cc1ccccc1)NC(=O)[C@H](Cc1ccccc1)NC(=O)[C@H](CCC(=O)O)NC(=O)[C@@H](N)CCC(=O)O)C(=O)O. The Morgan fingerprint density at radius 2 is 0.959 bits per heavy atom. The lowest BCUT2D eigenvalue weighted by Crippen LogP contribution is -2.59. The number of carboxylic acid groups (broad SMARTS) is 3. The van der Waals surface area contributed by atoms with Crippen LogP contribution in [0.4, 0.5) is 0 Å². The molecule has 0 saturated heterocycles. The van der Waals surface area contributed by atoms with Crippen molar-refractivity contribution < 1.29 is 48.9 Å². The molecule has 15 heteroatoms. The second-order valence-corrected chi connectivity index (χ2v) is 12.1. The van der Waals surface area contributed by atoms with E-state index in [-0.39, 0.29) is 38.0 Å². The molecule has 15 nitrogen and oxygen atoms in total. The number of benzene rings is 2. The third-order valence-electron chi connectivity index (χ3n) is 7.44. The topological polar surface area (TPSA) is 254 Å². The molecule has 266 valence electrons. The van der Waals surface area contributed by atoms with Crippen LogP contribution < -0.4 is 27.0 Å². The average molecular weight is 684 g/mol. The first kappa shape index (κ1) is 39.9. The molecule has 0 fully saturated rings. The van der Waals surface area contributed by atoms with E-state index in [1.807, 2.05) is 0 Å². The summed E-state index contributed by atoms with van der Waals surface area (Å²) in [6, 6.07) is 10.7. The summed E-state index contributed by atoms with van der Waals surface area (Å²) in [4.78, 5) is 87.8. The molecule has 0 aliphatic rings. The molecule has 0 bridgehead atoms. The van der Waals surface area contributed by atoms with Gasteiger partial charge in [-0.1, -0.05) is 74.5 Å². The molecule has 5 atom stereocenters. The second kappa shape index (κ2) is 20.1. The third-order valence-corrected chi connectivity index (χ3v) is 7.44. The molecule has 2 aromatic rings. The Bertz CT molecular complexity index is 1440. The fourth-order valence-electron chi connectivity index (χ4n) is 4.85. The normalized spacial score (nSPS) is 14.0. The van der Waals surface area contributed by atoms with E-state index < -0.39 is 84.6 Å². The second-order valence-electron chi connectivity index (χ2n) is 12.1. The number of hydrogen-bond acceptors (Lipinski definition) is 8. The molecule has 9 N–H and O–H groups in total. The van der Waals surface area contributed by atoms with Gasteiger partial charge < -0.3 is 42.3 Å². The minimum absolute atomic E-state index is 0.00996. The van der Waals surface area contributed by atoms with Gasteiger partial charge in [0.1, 0.15) is 24.2 Å². The van der Waals surface area contributed by atoms with Gasteiger partial charge in [0.15, 0.2) is 0 Å². The number of aliphatic carboxylic acids is 3. The Labute approximate surface area is 284 Å². The van der Waals surface area contributed by atoms with E-state index in [0.717, 1.165) is 0 Å². The molecule has 0 heterocycles. The molecular formula is C34H45N5O10. The Morgan fingerprint density at radius 3 is 1.37 bits per heavy atom. The molecule has 2 rings (SSSR count). The summed E-state index contributed by atoms with van der Waals surface area (Å²) in [5.41, 5.74) is 7.07. The summed E-state index contributed by atoms with van der Waals surface area (Å²) in [5.74, 6) is -7.09. The van der Waals surface area contributed by atoms with E-state index in [0.29, 0.717) is 11.1 Å². The molecule has 0 saturated carbocycles. The number of amides is 4. The number of carboxylic acids is 3. The highest BCUT2D eigenvalue weighted by Crippen LogP contribution is 2.11. The highest BCUT2D eigenvalue weighted by molar-refractivity contribution is 5.96. The first-order chi connectivity index (χ1) is 23.2. The van der Waals surface area contributed by atoms with Crippen LogP contribution in [0.5, 0.6) is 0 Å². The standard InChI is InChI=1S/C34H45N5O10/c1-20(2)17-27(34(48)49)39-33(47)26(19-22-11-7-4-8-12-22)38-32(46)25(18-21-9-5-3-6-10-21)37-31(45)24(14-16-29(42)43)36-30(44)23(35)13-15-28(40)41/h3-12,20,23-27H,13-19,35H2,1-2H3,(H,36,44)(H,37,45)(H,38,46)(H,39,47)(H,40,41)(H,42,43)(H,48,49)/t23-,24-,25-,26-,27-/m0/s1. The van der Waals surface area contributed by atoms with Gasteiger partial charge in [0.05, 0.1) is 6.04 Å². The summed E-state index contributed by atoms with van der Waals surface area (Å²) in [6.07, 6.45) is -1.49. The third kappa shape index (κ3) is 15.0. The van der Waals surface area contributed by atoms with Crippen LogP contribution in [0, 0.1) is 5.92 Å². The van der Waals surface area contributed by atoms with Crippen LogP contribution >= 0.6 is 0 Å². The van der Waals surface area contributed by atoms with E-state index in [1.54, 1.807) is 74.5 Å². The molecule has 0 aromatic heterocycles. The van der Waals surface area contributed by atoms with Crippen LogP contribution in [-0.4, -0.2) is 87.1 Å². The fourth-order valence-corrected chi connectivity index (χ4v) is 4.85. The minimum Gasteiger partial charge on any atom is -0.481 e. The van der Waals surface area contributed by atoms with Crippen molar-refractivity contribution in [1.82, 2.24) is 21.3 Å². The van der Waals surface area contributed by atoms with Gasteiger partial charge in [0, 0.05) is 25.7 Å². The van der Waals surface area contributed by atoms with Gasteiger partial charge in [-0.05, 0) is 36.3 Å². The summed E-state index contributed by atoms with van der Waals surface area (Å²) in [7, 11) is 0. The van der Waals surface area contributed by atoms with E-state index >= 15 is 0 Å².